The van der Waals surface area contributed by atoms with Gasteiger partial charge in [0.15, 0.2) is 12.4 Å². The van der Waals surface area contributed by atoms with E-state index in [2.05, 4.69) is 0 Å². The van der Waals surface area contributed by atoms with Crippen molar-refractivity contribution < 1.29 is 19.4 Å². The summed E-state index contributed by atoms with van der Waals surface area (Å²) in [6, 6.07) is 15.2. The molecular formula is C18H13NO4. The molecule has 2 aromatic carbocycles. The molecule has 1 N–H and O–H groups in total. The molecule has 5 heteroatoms. The third kappa shape index (κ3) is 4.83. The van der Waals surface area contributed by atoms with Crippen LogP contribution in [0.5, 0.6) is 5.75 Å². The Morgan fingerprint density at radius 1 is 1.17 bits per heavy atom. The van der Waals surface area contributed by atoms with Gasteiger partial charge >= 0.3 is 5.97 Å². The molecule has 0 saturated carbocycles. The predicted octanol–water partition coefficient (Wildman–Crippen LogP) is 2.92. The van der Waals surface area contributed by atoms with Crippen LogP contribution in [0.1, 0.15) is 21.5 Å². The number of hydrogen-bond donors (Lipinski definition) is 1. The maximum atomic E-state index is 12.1. The van der Waals surface area contributed by atoms with Crippen LogP contribution in [-0.2, 0) is 4.79 Å². The number of nitriles is 1. The lowest BCUT2D eigenvalue weighted by Crippen LogP contribution is -2.09. The summed E-state index contributed by atoms with van der Waals surface area (Å²) in [7, 11) is 0. The summed E-state index contributed by atoms with van der Waals surface area (Å²) in [5.41, 5.74) is 1.75. The molecule has 0 unspecified atom stereocenters. The summed E-state index contributed by atoms with van der Waals surface area (Å²) in [5, 5.41) is 17.4. The van der Waals surface area contributed by atoms with Gasteiger partial charge in [-0.1, -0.05) is 18.2 Å². The quantitative estimate of drug-likeness (QED) is 0.655. The summed E-state index contributed by atoms with van der Waals surface area (Å²) >= 11 is 0. The highest BCUT2D eigenvalue weighted by molar-refractivity contribution is 6.06. The van der Waals surface area contributed by atoms with Crippen LogP contribution in [0.15, 0.2) is 54.6 Å². The Kier molecular flexibility index (Phi) is 5.26. The number of hydrogen-bond acceptors (Lipinski definition) is 4. The maximum Gasteiger partial charge on any atom is 0.341 e. The fraction of sp³-hybridized carbons (Fsp3) is 0.0556. The van der Waals surface area contributed by atoms with Gasteiger partial charge in [0, 0.05) is 5.56 Å². The van der Waals surface area contributed by atoms with Gasteiger partial charge < -0.3 is 9.84 Å². The van der Waals surface area contributed by atoms with Gasteiger partial charge in [-0.25, -0.2) is 4.79 Å². The topological polar surface area (TPSA) is 87.4 Å². The number of benzene rings is 2. The molecule has 0 spiro atoms. The number of aliphatic carboxylic acids is 1. The molecule has 0 atom stereocenters. The summed E-state index contributed by atoms with van der Waals surface area (Å²) in [4.78, 5) is 22.5. The van der Waals surface area contributed by atoms with Crippen molar-refractivity contribution >= 4 is 17.8 Å². The van der Waals surface area contributed by atoms with Crippen LogP contribution in [0.2, 0.25) is 0 Å². The van der Waals surface area contributed by atoms with E-state index in [1.807, 2.05) is 6.07 Å². The van der Waals surface area contributed by atoms with E-state index in [4.69, 9.17) is 15.1 Å². The van der Waals surface area contributed by atoms with E-state index < -0.39 is 12.6 Å². The van der Waals surface area contributed by atoms with Gasteiger partial charge in [-0.05, 0) is 48.0 Å². The lowest BCUT2D eigenvalue weighted by Gasteiger charge is -2.03. The first-order valence-corrected chi connectivity index (χ1v) is 6.76. The second kappa shape index (κ2) is 7.57. The second-order valence-electron chi connectivity index (χ2n) is 4.64. The van der Waals surface area contributed by atoms with Gasteiger partial charge in [-0.2, -0.15) is 5.26 Å². The Morgan fingerprint density at radius 3 is 2.57 bits per heavy atom. The van der Waals surface area contributed by atoms with Gasteiger partial charge in [0.05, 0.1) is 11.6 Å². The molecule has 0 heterocycles. The third-order valence-corrected chi connectivity index (χ3v) is 2.94. The predicted molar refractivity (Wildman–Crippen MR) is 84.1 cm³/mol. The van der Waals surface area contributed by atoms with Crippen molar-refractivity contribution in [2.75, 3.05) is 6.61 Å². The van der Waals surface area contributed by atoms with Crippen LogP contribution >= 0.6 is 0 Å². The Morgan fingerprint density at radius 2 is 1.91 bits per heavy atom. The molecule has 0 aliphatic heterocycles. The number of carboxylic acids is 1. The minimum atomic E-state index is -1.06. The first-order valence-electron chi connectivity index (χ1n) is 6.76. The molecule has 0 radical (unpaired) electrons. The highest BCUT2D eigenvalue weighted by Gasteiger charge is 2.04. The fourth-order valence-electron chi connectivity index (χ4n) is 1.84. The SMILES string of the molecule is N#Cc1cccc(/C=C/C(=O)c2ccc(OCC(=O)O)cc2)c1. The molecule has 0 aliphatic rings. The Labute approximate surface area is 133 Å². The number of carboxylic acid groups (broad SMARTS) is 1. The van der Waals surface area contributed by atoms with Gasteiger partial charge in [-0.3, -0.25) is 4.79 Å². The van der Waals surface area contributed by atoms with E-state index >= 15 is 0 Å². The molecule has 0 amide bonds. The van der Waals surface area contributed by atoms with Crippen LogP contribution in [0.4, 0.5) is 0 Å². The van der Waals surface area contributed by atoms with E-state index in [0.717, 1.165) is 5.56 Å². The van der Waals surface area contributed by atoms with E-state index in [1.54, 1.807) is 54.6 Å². The molecule has 114 valence electrons. The van der Waals surface area contributed by atoms with Crippen LogP contribution in [0.3, 0.4) is 0 Å². The number of ketones is 1. The van der Waals surface area contributed by atoms with E-state index in [1.165, 1.54) is 6.08 Å². The summed E-state index contributed by atoms with van der Waals surface area (Å²) in [5.74, 6) is -0.875. The second-order valence-corrected chi connectivity index (χ2v) is 4.64. The number of ether oxygens (including phenoxy) is 1. The summed E-state index contributed by atoms with van der Waals surface area (Å²) in [6.07, 6.45) is 3.06. The van der Waals surface area contributed by atoms with E-state index in [-0.39, 0.29) is 5.78 Å². The van der Waals surface area contributed by atoms with Crippen molar-refractivity contribution in [1.29, 1.82) is 5.26 Å². The molecule has 2 rings (SSSR count). The average molecular weight is 307 g/mol. The molecular weight excluding hydrogens is 294 g/mol. The Bertz CT molecular complexity index is 785. The Balaban J connectivity index is 2.04. The van der Waals surface area contributed by atoms with Crippen molar-refractivity contribution in [3.8, 4) is 11.8 Å². The summed E-state index contributed by atoms with van der Waals surface area (Å²) in [6.45, 7) is -0.428. The van der Waals surface area contributed by atoms with Gasteiger partial charge in [0.1, 0.15) is 5.75 Å². The molecule has 2 aromatic rings. The molecule has 0 fully saturated rings. The van der Waals surface area contributed by atoms with E-state index in [0.29, 0.717) is 16.9 Å². The zero-order chi connectivity index (χ0) is 16.7. The van der Waals surface area contributed by atoms with E-state index in [9.17, 15) is 9.59 Å². The number of allylic oxidation sites excluding steroid dienone is 1. The minimum absolute atomic E-state index is 0.197. The van der Waals surface area contributed by atoms with Crippen molar-refractivity contribution in [2.24, 2.45) is 0 Å². The van der Waals surface area contributed by atoms with Crippen LogP contribution < -0.4 is 4.74 Å². The number of nitrogens with zero attached hydrogens (tertiary/aromatic N) is 1. The van der Waals surface area contributed by atoms with Crippen LogP contribution in [-0.4, -0.2) is 23.5 Å². The average Bonchev–Trinajstić information content (AvgIpc) is 2.58. The monoisotopic (exact) mass is 307 g/mol. The Hall–Kier alpha value is -3.39. The van der Waals surface area contributed by atoms with Gasteiger partial charge in [0.25, 0.3) is 0 Å². The number of carbonyl (C=O) groups is 2. The van der Waals surface area contributed by atoms with Crippen molar-refractivity contribution in [2.45, 2.75) is 0 Å². The lowest BCUT2D eigenvalue weighted by atomic mass is 10.1. The van der Waals surface area contributed by atoms with Gasteiger partial charge in [-0.15, -0.1) is 0 Å². The number of rotatable bonds is 6. The highest BCUT2D eigenvalue weighted by atomic mass is 16.5. The molecule has 5 nitrogen and oxygen atoms in total. The fourth-order valence-corrected chi connectivity index (χ4v) is 1.84. The summed E-state index contributed by atoms with van der Waals surface area (Å²) < 4.78 is 5.00. The largest absolute Gasteiger partial charge is 0.482 e. The maximum absolute atomic E-state index is 12.1. The third-order valence-electron chi connectivity index (χ3n) is 2.94. The highest BCUT2D eigenvalue weighted by Crippen LogP contribution is 2.14. The lowest BCUT2D eigenvalue weighted by molar-refractivity contribution is -0.139. The molecule has 0 saturated heterocycles. The first-order chi connectivity index (χ1) is 11.1. The smallest absolute Gasteiger partial charge is 0.341 e. The normalized spacial score (nSPS) is 10.2. The van der Waals surface area contributed by atoms with Crippen molar-refractivity contribution in [3.63, 3.8) is 0 Å². The van der Waals surface area contributed by atoms with Crippen LogP contribution in [0, 0.1) is 11.3 Å². The molecule has 0 bridgehead atoms. The minimum Gasteiger partial charge on any atom is -0.482 e. The zero-order valence-electron chi connectivity index (χ0n) is 12.1. The molecule has 0 aliphatic carbocycles. The van der Waals surface area contributed by atoms with Crippen molar-refractivity contribution in [1.82, 2.24) is 0 Å². The van der Waals surface area contributed by atoms with Crippen molar-refractivity contribution in [3.05, 3.63) is 71.3 Å². The van der Waals surface area contributed by atoms with Crippen LogP contribution in [0.25, 0.3) is 6.08 Å². The molecule has 23 heavy (non-hydrogen) atoms. The van der Waals surface area contributed by atoms with Gasteiger partial charge in [0.2, 0.25) is 0 Å². The number of carbonyl (C=O) groups excluding carboxylic acids is 1. The zero-order valence-corrected chi connectivity index (χ0v) is 12.1. The standard InChI is InChI=1S/C18H13NO4/c19-11-14-3-1-2-13(10-14)4-9-17(20)15-5-7-16(8-6-15)23-12-18(21)22/h1-10H,12H2,(H,21,22)/b9-4+. The molecule has 0 aromatic heterocycles. The first kappa shape index (κ1) is 16.0.